The largest absolute Gasteiger partial charge is 0.497 e. The highest BCUT2D eigenvalue weighted by atomic mass is 79.9. The molecule has 0 amide bonds. The van der Waals surface area contributed by atoms with Gasteiger partial charge in [0.05, 0.1) is 12.8 Å². The number of aryl methyl sites for hydroxylation is 1. The average molecular weight is 335 g/mol. The Morgan fingerprint density at radius 2 is 2.05 bits per heavy atom. The van der Waals surface area contributed by atoms with Crippen LogP contribution in [0, 0.1) is 0 Å². The summed E-state index contributed by atoms with van der Waals surface area (Å²) >= 11 is 3.56. The Kier molecular flexibility index (Phi) is 5.56. The van der Waals surface area contributed by atoms with Crippen molar-refractivity contribution in [2.24, 2.45) is 0 Å². The monoisotopic (exact) mass is 334 g/mol. The number of nitrogens with one attached hydrogen (secondary N) is 1. The molecule has 0 bridgehead atoms. The number of pyridine rings is 1. The molecule has 0 aliphatic carbocycles. The Morgan fingerprint density at radius 1 is 1.20 bits per heavy atom. The zero-order valence-electron chi connectivity index (χ0n) is 11.8. The van der Waals surface area contributed by atoms with Crippen LogP contribution in [0.2, 0.25) is 0 Å². The summed E-state index contributed by atoms with van der Waals surface area (Å²) < 4.78 is 6.34. The van der Waals surface area contributed by atoms with Crippen LogP contribution >= 0.6 is 15.9 Å². The molecule has 0 atom stereocenters. The molecule has 20 heavy (non-hydrogen) atoms. The number of methoxy groups -OCH3 is 1. The number of ether oxygens (including phenoxy) is 1. The summed E-state index contributed by atoms with van der Waals surface area (Å²) in [7, 11) is 1.68. The van der Waals surface area contributed by atoms with Crippen LogP contribution in [0.15, 0.2) is 41.0 Å². The summed E-state index contributed by atoms with van der Waals surface area (Å²) in [6.45, 7) is 3.70. The van der Waals surface area contributed by atoms with Crippen LogP contribution in [-0.2, 0) is 19.5 Å². The van der Waals surface area contributed by atoms with Gasteiger partial charge in [0.2, 0.25) is 0 Å². The minimum atomic E-state index is 0.771. The molecule has 1 N–H and O–H groups in total. The molecule has 106 valence electrons. The standard InChI is InChI=1S/C16H19BrN2O/c1-3-12-5-4-8-19-16(12)11-18-10-13-9-14(20-2)6-7-15(13)17/h4-9,18H,3,10-11H2,1-2H3. The fourth-order valence-corrected chi connectivity index (χ4v) is 2.47. The van der Waals surface area contributed by atoms with Gasteiger partial charge in [0.25, 0.3) is 0 Å². The summed E-state index contributed by atoms with van der Waals surface area (Å²) in [6.07, 6.45) is 2.85. The summed E-state index contributed by atoms with van der Waals surface area (Å²) in [5.41, 5.74) is 3.59. The van der Waals surface area contributed by atoms with Crippen molar-refractivity contribution in [2.75, 3.05) is 7.11 Å². The Labute approximate surface area is 128 Å². The highest BCUT2D eigenvalue weighted by molar-refractivity contribution is 9.10. The first-order chi connectivity index (χ1) is 9.74. The maximum Gasteiger partial charge on any atom is 0.119 e. The number of hydrogen-bond donors (Lipinski definition) is 1. The number of hydrogen-bond acceptors (Lipinski definition) is 3. The topological polar surface area (TPSA) is 34.2 Å². The number of benzene rings is 1. The van der Waals surface area contributed by atoms with Crippen molar-refractivity contribution < 1.29 is 4.74 Å². The molecule has 0 unspecified atom stereocenters. The van der Waals surface area contributed by atoms with E-state index in [1.807, 2.05) is 30.5 Å². The molecule has 2 rings (SSSR count). The highest BCUT2D eigenvalue weighted by Gasteiger charge is 2.04. The van der Waals surface area contributed by atoms with E-state index in [4.69, 9.17) is 4.74 Å². The van der Waals surface area contributed by atoms with Gasteiger partial charge in [-0.15, -0.1) is 0 Å². The second-order valence-corrected chi connectivity index (χ2v) is 5.38. The predicted molar refractivity (Wildman–Crippen MR) is 84.9 cm³/mol. The second-order valence-electron chi connectivity index (χ2n) is 4.52. The molecule has 0 saturated heterocycles. The highest BCUT2D eigenvalue weighted by Crippen LogP contribution is 2.22. The number of rotatable bonds is 6. The minimum absolute atomic E-state index is 0.771. The first kappa shape index (κ1) is 15.0. The predicted octanol–water partition coefficient (Wildman–Crippen LogP) is 3.70. The van der Waals surface area contributed by atoms with E-state index in [1.165, 1.54) is 11.1 Å². The minimum Gasteiger partial charge on any atom is -0.497 e. The third-order valence-corrected chi connectivity index (χ3v) is 4.00. The van der Waals surface area contributed by atoms with Crippen molar-refractivity contribution >= 4 is 15.9 Å². The van der Waals surface area contributed by atoms with Crippen LogP contribution in [0.1, 0.15) is 23.7 Å². The smallest absolute Gasteiger partial charge is 0.119 e. The Hall–Kier alpha value is -1.39. The Bertz CT molecular complexity index is 572. The molecule has 2 aromatic rings. The van der Waals surface area contributed by atoms with E-state index in [2.05, 4.69) is 39.2 Å². The van der Waals surface area contributed by atoms with Crippen molar-refractivity contribution in [2.45, 2.75) is 26.4 Å². The molecule has 1 aromatic heterocycles. The van der Waals surface area contributed by atoms with E-state index >= 15 is 0 Å². The van der Waals surface area contributed by atoms with Gasteiger partial charge in [0.1, 0.15) is 5.75 Å². The summed E-state index contributed by atoms with van der Waals surface area (Å²) in [5, 5.41) is 3.44. The lowest BCUT2D eigenvalue weighted by atomic mass is 10.1. The number of aromatic nitrogens is 1. The van der Waals surface area contributed by atoms with E-state index in [1.54, 1.807) is 7.11 Å². The normalized spacial score (nSPS) is 10.6. The first-order valence-electron chi connectivity index (χ1n) is 6.70. The van der Waals surface area contributed by atoms with E-state index < -0.39 is 0 Å². The van der Waals surface area contributed by atoms with Crippen molar-refractivity contribution in [3.05, 3.63) is 57.8 Å². The molecule has 4 heteroatoms. The van der Waals surface area contributed by atoms with Gasteiger partial charge >= 0.3 is 0 Å². The lowest BCUT2D eigenvalue weighted by Gasteiger charge is -2.10. The fraction of sp³-hybridized carbons (Fsp3) is 0.312. The molecule has 0 spiro atoms. The molecule has 1 aromatic carbocycles. The average Bonchev–Trinajstić information content (AvgIpc) is 2.49. The van der Waals surface area contributed by atoms with Gasteiger partial charge in [-0.05, 0) is 41.8 Å². The maximum absolute atomic E-state index is 5.25. The molecule has 0 saturated carbocycles. The summed E-state index contributed by atoms with van der Waals surface area (Å²) in [5.74, 6) is 0.872. The molecule has 1 heterocycles. The van der Waals surface area contributed by atoms with Gasteiger partial charge in [-0.2, -0.15) is 0 Å². The van der Waals surface area contributed by atoms with Gasteiger partial charge in [-0.3, -0.25) is 4.98 Å². The number of halogens is 1. The zero-order chi connectivity index (χ0) is 14.4. The summed E-state index contributed by atoms with van der Waals surface area (Å²) in [6, 6.07) is 10.1. The van der Waals surface area contributed by atoms with Crippen LogP contribution in [0.4, 0.5) is 0 Å². The molecule has 0 aliphatic rings. The lowest BCUT2D eigenvalue weighted by molar-refractivity contribution is 0.414. The Morgan fingerprint density at radius 3 is 2.80 bits per heavy atom. The Balaban J connectivity index is 1.99. The molecule has 0 aliphatic heterocycles. The molecule has 0 fully saturated rings. The van der Waals surface area contributed by atoms with Crippen molar-refractivity contribution in [1.29, 1.82) is 0 Å². The maximum atomic E-state index is 5.25. The van der Waals surface area contributed by atoms with Gasteiger partial charge in [0, 0.05) is 23.8 Å². The van der Waals surface area contributed by atoms with Gasteiger partial charge in [-0.1, -0.05) is 28.9 Å². The van der Waals surface area contributed by atoms with Crippen LogP contribution in [0.25, 0.3) is 0 Å². The van der Waals surface area contributed by atoms with Crippen LogP contribution in [0.3, 0.4) is 0 Å². The SMILES string of the molecule is CCc1cccnc1CNCc1cc(OC)ccc1Br. The van der Waals surface area contributed by atoms with E-state index in [-0.39, 0.29) is 0 Å². The van der Waals surface area contributed by atoms with Crippen molar-refractivity contribution in [1.82, 2.24) is 10.3 Å². The molecule has 3 nitrogen and oxygen atoms in total. The van der Waals surface area contributed by atoms with E-state index in [0.717, 1.165) is 35.4 Å². The van der Waals surface area contributed by atoms with Gasteiger partial charge in [0.15, 0.2) is 0 Å². The summed E-state index contributed by atoms with van der Waals surface area (Å²) in [4.78, 5) is 4.44. The van der Waals surface area contributed by atoms with Gasteiger partial charge < -0.3 is 10.1 Å². The quantitative estimate of drug-likeness (QED) is 0.874. The van der Waals surface area contributed by atoms with Crippen LogP contribution < -0.4 is 10.1 Å². The van der Waals surface area contributed by atoms with Crippen molar-refractivity contribution in [3.8, 4) is 5.75 Å². The van der Waals surface area contributed by atoms with E-state index in [9.17, 15) is 0 Å². The lowest BCUT2D eigenvalue weighted by Crippen LogP contribution is -2.15. The molecular weight excluding hydrogens is 316 g/mol. The second kappa shape index (κ2) is 7.41. The third-order valence-electron chi connectivity index (χ3n) is 3.23. The molecular formula is C16H19BrN2O. The number of nitrogens with zero attached hydrogens (tertiary/aromatic N) is 1. The zero-order valence-corrected chi connectivity index (χ0v) is 13.4. The van der Waals surface area contributed by atoms with E-state index in [0.29, 0.717) is 0 Å². The third kappa shape index (κ3) is 3.81. The molecule has 0 radical (unpaired) electrons. The van der Waals surface area contributed by atoms with Gasteiger partial charge in [-0.25, -0.2) is 0 Å². The van der Waals surface area contributed by atoms with Crippen LogP contribution in [-0.4, -0.2) is 12.1 Å². The van der Waals surface area contributed by atoms with Crippen molar-refractivity contribution in [3.63, 3.8) is 0 Å². The first-order valence-corrected chi connectivity index (χ1v) is 7.49. The van der Waals surface area contributed by atoms with Crippen LogP contribution in [0.5, 0.6) is 5.75 Å². The fourth-order valence-electron chi connectivity index (χ4n) is 2.08.